The topological polar surface area (TPSA) is 78.8 Å². The van der Waals surface area contributed by atoms with Crippen molar-refractivity contribution in [2.75, 3.05) is 21.1 Å². The van der Waals surface area contributed by atoms with Gasteiger partial charge in [0.1, 0.15) is 0 Å². The number of carbonyl (C=O) groups is 1. The average molecular weight is 534 g/mol. The lowest BCUT2D eigenvalue weighted by atomic mass is 9.83. The second-order valence-electron chi connectivity index (χ2n) is 10.5. The molecule has 0 bridgehead atoms. The van der Waals surface area contributed by atoms with Crippen molar-refractivity contribution < 1.29 is 13.2 Å². The van der Waals surface area contributed by atoms with Crippen LogP contribution < -0.4 is 4.72 Å². The zero-order valence-corrected chi connectivity index (χ0v) is 24.3. The fourth-order valence-corrected chi connectivity index (χ4v) is 5.65. The Morgan fingerprint density at radius 3 is 2.05 bits per heavy atom. The van der Waals surface area contributed by atoms with E-state index in [0.717, 1.165) is 38.9 Å². The van der Waals surface area contributed by atoms with E-state index >= 15 is 0 Å². The zero-order chi connectivity index (χ0) is 28.0. The summed E-state index contributed by atoms with van der Waals surface area (Å²) < 4.78 is 28.3. The van der Waals surface area contributed by atoms with Crippen LogP contribution >= 0.6 is 0 Å². The molecule has 38 heavy (non-hydrogen) atoms. The third-order valence-electron chi connectivity index (χ3n) is 6.42. The minimum absolute atomic E-state index is 0.0166. The van der Waals surface area contributed by atoms with Gasteiger partial charge in [0.2, 0.25) is 5.91 Å². The van der Waals surface area contributed by atoms with Crippen molar-refractivity contribution in [3.63, 3.8) is 0 Å². The van der Waals surface area contributed by atoms with E-state index in [4.69, 9.17) is 0 Å². The van der Waals surface area contributed by atoms with Gasteiger partial charge in [-0.15, -0.1) is 0 Å². The van der Waals surface area contributed by atoms with Crippen LogP contribution in [0.4, 0.5) is 0 Å². The molecule has 3 aromatic rings. The number of amides is 1. The van der Waals surface area contributed by atoms with Crippen LogP contribution in [0.5, 0.6) is 0 Å². The number of carbonyl (C=O) groups excluding carboxylic acids is 1. The Balaban J connectivity index is 1.96. The summed E-state index contributed by atoms with van der Waals surface area (Å²) in [5.41, 5.74) is 7.10. The van der Waals surface area contributed by atoms with Crippen molar-refractivity contribution >= 4 is 22.1 Å². The summed E-state index contributed by atoms with van der Waals surface area (Å²) in [5, 5.41) is 0. The molecule has 0 aliphatic rings. The van der Waals surface area contributed by atoms with Crippen LogP contribution in [-0.4, -0.2) is 46.6 Å². The summed E-state index contributed by atoms with van der Waals surface area (Å²) in [4.78, 5) is 19.4. The van der Waals surface area contributed by atoms with Crippen LogP contribution in [0, 0.1) is 0 Å². The van der Waals surface area contributed by atoms with Gasteiger partial charge in [-0.3, -0.25) is 9.79 Å². The molecule has 202 valence electrons. The second-order valence-corrected chi connectivity index (χ2v) is 12.2. The van der Waals surface area contributed by atoms with Gasteiger partial charge in [-0.1, -0.05) is 76.2 Å². The Hall–Kier alpha value is -3.29. The molecule has 0 atom stereocenters. The van der Waals surface area contributed by atoms with E-state index in [-0.39, 0.29) is 23.2 Å². The predicted octanol–water partition coefficient (Wildman–Crippen LogP) is 5.76. The third-order valence-corrected chi connectivity index (χ3v) is 7.81. The molecule has 0 aromatic heterocycles. The molecule has 0 saturated carbocycles. The lowest BCUT2D eigenvalue weighted by Crippen LogP contribution is -2.32. The minimum Gasteiger partial charge on any atom is -0.305 e. The summed E-state index contributed by atoms with van der Waals surface area (Å²) in [6, 6.07) is 19.0. The van der Waals surface area contributed by atoms with Crippen LogP contribution in [-0.2, 0) is 27.8 Å². The Morgan fingerprint density at radius 1 is 0.947 bits per heavy atom. The standard InChI is InChI=1S/C31H39N3O3S/c1-21(2)28-16-25(27-11-9-8-10-24(27)19-32-5)17-29(22(3)4)30(28)18-31(35)33-38(36,37)26-14-12-23(13-15-26)20-34(6)7/h8-17,19,21-22H,18,20H2,1-7H3,(H,33,35). The lowest BCUT2D eigenvalue weighted by molar-refractivity contribution is -0.118. The number of hydrogen-bond acceptors (Lipinski definition) is 5. The number of benzene rings is 3. The van der Waals surface area contributed by atoms with Gasteiger partial charge < -0.3 is 4.90 Å². The van der Waals surface area contributed by atoms with Crippen molar-refractivity contribution in [3.8, 4) is 11.1 Å². The summed E-state index contributed by atoms with van der Waals surface area (Å²) in [5.74, 6) is -0.261. The molecule has 3 rings (SSSR count). The quantitative estimate of drug-likeness (QED) is 0.336. The van der Waals surface area contributed by atoms with Crippen LogP contribution in [0.1, 0.15) is 67.3 Å². The summed E-state index contributed by atoms with van der Waals surface area (Å²) in [7, 11) is 1.67. The van der Waals surface area contributed by atoms with Gasteiger partial charge in [0.25, 0.3) is 10.0 Å². The molecule has 0 fully saturated rings. The highest BCUT2D eigenvalue weighted by atomic mass is 32.2. The molecule has 0 saturated heterocycles. The number of nitrogens with one attached hydrogen (secondary N) is 1. The Morgan fingerprint density at radius 2 is 1.53 bits per heavy atom. The molecule has 7 heteroatoms. The van der Waals surface area contributed by atoms with Gasteiger partial charge in [0.15, 0.2) is 0 Å². The fraction of sp³-hybridized carbons (Fsp3) is 0.355. The molecule has 1 N–H and O–H groups in total. The Kier molecular flexibility index (Phi) is 9.63. The Bertz CT molecular complexity index is 1380. The number of hydrogen-bond donors (Lipinski definition) is 1. The van der Waals surface area contributed by atoms with Crippen LogP contribution in [0.3, 0.4) is 0 Å². The van der Waals surface area contributed by atoms with Crippen LogP contribution in [0.15, 0.2) is 70.6 Å². The molecule has 0 aliphatic carbocycles. The van der Waals surface area contributed by atoms with Gasteiger partial charge in [-0.05, 0) is 71.4 Å². The summed E-state index contributed by atoms with van der Waals surface area (Å²) >= 11 is 0. The summed E-state index contributed by atoms with van der Waals surface area (Å²) in [6.07, 6.45) is 1.83. The first-order valence-electron chi connectivity index (χ1n) is 12.9. The molecule has 0 radical (unpaired) electrons. The van der Waals surface area contributed by atoms with E-state index in [9.17, 15) is 13.2 Å². The first-order valence-corrected chi connectivity index (χ1v) is 14.4. The highest BCUT2D eigenvalue weighted by Gasteiger charge is 2.23. The molecular formula is C31H39N3O3S. The van der Waals surface area contributed by atoms with E-state index in [2.05, 4.69) is 55.6 Å². The van der Waals surface area contributed by atoms with Crippen molar-refractivity contribution in [3.05, 3.63) is 88.5 Å². The van der Waals surface area contributed by atoms with E-state index in [0.29, 0.717) is 6.54 Å². The third kappa shape index (κ3) is 7.17. The van der Waals surface area contributed by atoms with Crippen molar-refractivity contribution in [2.45, 2.75) is 57.4 Å². The van der Waals surface area contributed by atoms with Crippen molar-refractivity contribution in [1.29, 1.82) is 0 Å². The lowest BCUT2D eigenvalue weighted by Gasteiger charge is -2.22. The first kappa shape index (κ1) is 29.3. The molecule has 0 heterocycles. The van der Waals surface area contributed by atoms with E-state index in [1.165, 1.54) is 0 Å². The minimum atomic E-state index is -3.98. The van der Waals surface area contributed by atoms with E-state index in [1.807, 2.05) is 43.4 Å². The predicted molar refractivity (Wildman–Crippen MR) is 156 cm³/mol. The Labute approximate surface area is 227 Å². The number of aliphatic imine (C=N–C) groups is 1. The normalized spacial score (nSPS) is 12.2. The number of sulfonamides is 1. The first-order chi connectivity index (χ1) is 17.9. The molecule has 0 unspecified atom stereocenters. The van der Waals surface area contributed by atoms with Crippen LogP contribution in [0.2, 0.25) is 0 Å². The maximum Gasteiger partial charge on any atom is 0.264 e. The number of nitrogens with zero attached hydrogens (tertiary/aromatic N) is 2. The van der Waals surface area contributed by atoms with E-state index < -0.39 is 15.9 Å². The molecular weight excluding hydrogens is 494 g/mol. The zero-order valence-electron chi connectivity index (χ0n) is 23.4. The highest BCUT2D eigenvalue weighted by molar-refractivity contribution is 7.90. The van der Waals surface area contributed by atoms with Crippen molar-refractivity contribution in [1.82, 2.24) is 9.62 Å². The van der Waals surface area contributed by atoms with Gasteiger partial charge in [0, 0.05) is 25.4 Å². The maximum atomic E-state index is 13.1. The monoisotopic (exact) mass is 533 g/mol. The molecule has 0 spiro atoms. The second kappa shape index (κ2) is 12.5. The molecule has 6 nitrogen and oxygen atoms in total. The van der Waals surface area contributed by atoms with E-state index in [1.54, 1.807) is 31.3 Å². The van der Waals surface area contributed by atoms with Gasteiger partial charge in [0.05, 0.1) is 11.3 Å². The maximum absolute atomic E-state index is 13.1. The molecule has 1 amide bonds. The largest absolute Gasteiger partial charge is 0.305 e. The van der Waals surface area contributed by atoms with Gasteiger partial charge in [-0.2, -0.15) is 0 Å². The van der Waals surface area contributed by atoms with Gasteiger partial charge >= 0.3 is 0 Å². The average Bonchev–Trinajstić information content (AvgIpc) is 2.84. The number of rotatable bonds is 10. The smallest absolute Gasteiger partial charge is 0.264 e. The van der Waals surface area contributed by atoms with Gasteiger partial charge in [-0.25, -0.2) is 13.1 Å². The fourth-order valence-electron chi connectivity index (χ4n) is 4.66. The SMILES string of the molecule is CN=Cc1ccccc1-c1cc(C(C)C)c(CC(=O)NS(=O)(=O)c2ccc(CN(C)C)cc2)c(C(C)C)c1. The summed E-state index contributed by atoms with van der Waals surface area (Å²) in [6.45, 7) is 9.08. The molecule has 0 aliphatic heterocycles. The highest BCUT2D eigenvalue weighted by Crippen LogP contribution is 2.35. The molecule has 3 aromatic carbocycles. The van der Waals surface area contributed by atoms with Crippen LogP contribution in [0.25, 0.3) is 11.1 Å². The van der Waals surface area contributed by atoms with Crippen molar-refractivity contribution in [2.24, 2.45) is 4.99 Å².